The number of amides is 1. The lowest BCUT2D eigenvalue weighted by atomic mass is 10.1. The smallest absolute Gasteiger partial charge is 0.342 e. The molecule has 0 unspecified atom stereocenters. The topological polar surface area (TPSA) is 126 Å². The molecule has 0 saturated carbocycles. The first kappa shape index (κ1) is 21.5. The van der Waals surface area contributed by atoms with Crippen LogP contribution in [0.2, 0.25) is 0 Å². The predicted molar refractivity (Wildman–Crippen MR) is 103 cm³/mol. The summed E-state index contributed by atoms with van der Waals surface area (Å²) in [5, 5.41) is 13.5. The van der Waals surface area contributed by atoms with Crippen LogP contribution in [0.15, 0.2) is 30.3 Å². The van der Waals surface area contributed by atoms with Gasteiger partial charge in [0, 0.05) is 18.2 Å². The third-order valence-corrected chi connectivity index (χ3v) is 3.88. The number of carbonyl (C=O) groups is 2. The van der Waals surface area contributed by atoms with Crippen molar-refractivity contribution in [3.8, 4) is 17.2 Å². The minimum absolute atomic E-state index is 0.00495. The van der Waals surface area contributed by atoms with Crippen LogP contribution in [-0.2, 0) is 9.53 Å². The summed E-state index contributed by atoms with van der Waals surface area (Å²) in [5.74, 6) is -0.770. The highest BCUT2D eigenvalue weighted by Crippen LogP contribution is 2.35. The maximum absolute atomic E-state index is 12.4. The molecule has 0 atom stereocenters. The van der Waals surface area contributed by atoms with Gasteiger partial charge in [0.05, 0.1) is 26.3 Å². The zero-order valence-electron chi connectivity index (χ0n) is 16.3. The van der Waals surface area contributed by atoms with Gasteiger partial charge in [-0.1, -0.05) is 6.07 Å². The number of hydrogen-bond acceptors (Lipinski definition) is 8. The number of ether oxygens (including phenoxy) is 4. The Morgan fingerprint density at radius 2 is 1.62 bits per heavy atom. The Bertz CT molecular complexity index is 942. The minimum Gasteiger partial charge on any atom is -0.496 e. The van der Waals surface area contributed by atoms with E-state index in [9.17, 15) is 19.7 Å². The molecule has 154 valence electrons. The Labute approximate surface area is 166 Å². The van der Waals surface area contributed by atoms with Crippen molar-refractivity contribution >= 4 is 23.3 Å². The number of carbonyl (C=O) groups excluding carboxylic acids is 2. The molecule has 29 heavy (non-hydrogen) atoms. The maximum Gasteiger partial charge on any atom is 0.342 e. The average molecular weight is 404 g/mol. The number of rotatable bonds is 8. The van der Waals surface area contributed by atoms with Gasteiger partial charge in [0.25, 0.3) is 11.6 Å². The molecule has 10 nitrogen and oxygen atoms in total. The van der Waals surface area contributed by atoms with Crippen LogP contribution in [0, 0.1) is 17.0 Å². The van der Waals surface area contributed by atoms with Crippen LogP contribution in [0.5, 0.6) is 17.2 Å². The quantitative estimate of drug-likeness (QED) is 0.404. The highest BCUT2D eigenvalue weighted by atomic mass is 16.6. The van der Waals surface area contributed by atoms with Crippen LogP contribution in [0.3, 0.4) is 0 Å². The zero-order valence-corrected chi connectivity index (χ0v) is 16.3. The van der Waals surface area contributed by atoms with Gasteiger partial charge in [-0.15, -0.1) is 0 Å². The molecule has 0 heterocycles. The van der Waals surface area contributed by atoms with E-state index >= 15 is 0 Å². The van der Waals surface area contributed by atoms with Gasteiger partial charge in [-0.05, 0) is 18.6 Å². The number of hydrogen-bond donors (Lipinski definition) is 1. The van der Waals surface area contributed by atoms with E-state index in [4.69, 9.17) is 18.9 Å². The largest absolute Gasteiger partial charge is 0.496 e. The number of aryl methyl sites for hydroxylation is 1. The molecule has 0 radical (unpaired) electrons. The Kier molecular flexibility index (Phi) is 6.96. The fourth-order valence-electron chi connectivity index (χ4n) is 2.48. The molecule has 10 heteroatoms. The predicted octanol–water partition coefficient (Wildman–Crippen LogP) is 2.72. The lowest BCUT2D eigenvalue weighted by Crippen LogP contribution is -2.21. The molecule has 2 aromatic rings. The van der Waals surface area contributed by atoms with E-state index in [1.165, 1.54) is 45.6 Å². The van der Waals surface area contributed by atoms with Gasteiger partial charge in [0.2, 0.25) is 0 Å². The van der Waals surface area contributed by atoms with E-state index in [0.29, 0.717) is 11.3 Å². The number of nitrogens with one attached hydrogen (secondary N) is 1. The van der Waals surface area contributed by atoms with Gasteiger partial charge >= 0.3 is 5.97 Å². The molecule has 0 aliphatic heterocycles. The zero-order chi connectivity index (χ0) is 21.6. The van der Waals surface area contributed by atoms with Crippen LogP contribution in [0.25, 0.3) is 0 Å². The summed E-state index contributed by atoms with van der Waals surface area (Å²) in [4.78, 5) is 35.0. The molecule has 1 amide bonds. The standard InChI is InChI=1S/C19H20N2O8/c1-11-5-6-13(14(7-11)21(24)25)20-18(22)10-29-19(23)12-8-16(27-3)17(28-4)9-15(12)26-2/h5-9H,10H2,1-4H3,(H,20,22). The molecule has 2 rings (SSSR count). The van der Waals surface area contributed by atoms with Gasteiger partial charge in [-0.25, -0.2) is 4.79 Å². The third kappa shape index (κ3) is 5.12. The summed E-state index contributed by atoms with van der Waals surface area (Å²) in [6.07, 6.45) is 0. The number of anilines is 1. The van der Waals surface area contributed by atoms with Crippen LogP contribution in [-0.4, -0.2) is 44.7 Å². The fraction of sp³-hybridized carbons (Fsp3) is 0.263. The summed E-state index contributed by atoms with van der Waals surface area (Å²) in [5.41, 5.74) is 0.442. The molecule has 0 fully saturated rings. The van der Waals surface area contributed by atoms with Crippen molar-refractivity contribution in [3.63, 3.8) is 0 Å². The maximum atomic E-state index is 12.4. The van der Waals surface area contributed by atoms with E-state index in [-0.39, 0.29) is 28.4 Å². The van der Waals surface area contributed by atoms with Crippen LogP contribution in [0.4, 0.5) is 11.4 Å². The minimum atomic E-state index is -0.837. The van der Waals surface area contributed by atoms with E-state index in [0.717, 1.165) is 0 Å². The van der Waals surface area contributed by atoms with Crippen molar-refractivity contribution in [1.82, 2.24) is 0 Å². The molecule has 0 aliphatic carbocycles. The van der Waals surface area contributed by atoms with Crippen molar-refractivity contribution in [2.75, 3.05) is 33.3 Å². The monoisotopic (exact) mass is 404 g/mol. The van der Waals surface area contributed by atoms with Gasteiger partial charge in [-0.2, -0.15) is 0 Å². The summed E-state index contributed by atoms with van der Waals surface area (Å²) in [7, 11) is 4.20. The van der Waals surface area contributed by atoms with E-state index < -0.39 is 23.4 Å². The lowest BCUT2D eigenvalue weighted by Gasteiger charge is -2.13. The summed E-state index contributed by atoms with van der Waals surface area (Å²) in [6.45, 7) is 1.04. The van der Waals surface area contributed by atoms with Gasteiger partial charge in [0.15, 0.2) is 18.1 Å². The molecule has 0 saturated heterocycles. The molecule has 0 aliphatic rings. The molecule has 1 N–H and O–H groups in total. The first-order chi connectivity index (χ1) is 13.8. The Hall–Kier alpha value is -3.82. The molecular weight excluding hydrogens is 384 g/mol. The highest BCUT2D eigenvalue weighted by Gasteiger charge is 2.21. The van der Waals surface area contributed by atoms with E-state index in [1.807, 2.05) is 0 Å². The fourth-order valence-corrected chi connectivity index (χ4v) is 2.48. The van der Waals surface area contributed by atoms with Crippen molar-refractivity contribution in [3.05, 3.63) is 51.6 Å². The molecule has 0 bridgehead atoms. The van der Waals surface area contributed by atoms with Crippen molar-refractivity contribution in [1.29, 1.82) is 0 Å². The molecule has 2 aromatic carbocycles. The third-order valence-electron chi connectivity index (χ3n) is 3.88. The number of methoxy groups -OCH3 is 3. The Balaban J connectivity index is 2.11. The molecule has 0 spiro atoms. The number of benzene rings is 2. The first-order valence-electron chi connectivity index (χ1n) is 8.32. The highest BCUT2D eigenvalue weighted by molar-refractivity contribution is 5.98. The van der Waals surface area contributed by atoms with Gasteiger partial charge < -0.3 is 24.3 Å². The second-order valence-electron chi connectivity index (χ2n) is 5.81. The summed E-state index contributed by atoms with van der Waals surface area (Å²) >= 11 is 0. The second kappa shape index (κ2) is 9.40. The van der Waals surface area contributed by atoms with Crippen molar-refractivity contribution in [2.24, 2.45) is 0 Å². The van der Waals surface area contributed by atoms with Gasteiger partial charge in [0.1, 0.15) is 17.0 Å². The second-order valence-corrected chi connectivity index (χ2v) is 5.81. The number of esters is 1. The van der Waals surface area contributed by atoms with Crippen LogP contribution >= 0.6 is 0 Å². The number of nitro groups is 1. The molecule has 0 aromatic heterocycles. The lowest BCUT2D eigenvalue weighted by molar-refractivity contribution is -0.384. The van der Waals surface area contributed by atoms with Crippen LogP contribution in [0.1, 0.15) is 15.9 Å². The Morgan fingerprint density at radius 1 is 1.00 bits per heavy atom. The van der Waals surface area contributed by atoms with Crippen LogP contribution < -0.4 is 19.5 Å². The average Bonchev–Trinajstić information content (AvgIpc) is 2.71. The Morgan fingerprint density at radius 3 is 2.21 bits per heavy atom. The first-order valence-corrected chi connectivity index (χ1v) is 8.32. The SMILES string of the molecule is COc1cc(OC)c(C(=O)OCC(=O)Nc2ccc(C)cc2[N+](=O)[O-])cc1OC. The van der Waals surface area contributed by atoms with Crippen molar-refractivity contribution in [2.45, 2.75) is 6.92 Å². The van der Waals surface area contributed by atoms with E-state index in [1.54, 1.807) is 13.0 Å². The normalized spacial score (nSPS) is 10.1. The van der Waals surface area contributed by atoms with Gasteiger partial charge in [-0.3, -0.25) is 14.9 Å². The van der Waals surface area contributed by atoms with Crippen molar-refractivity contribution < 1.29 is 33.5 Å². The molecular formula is C19H20N2O8. The van der Waals surface area contributed by atoms with E-state index in [2.05, 4.69) is 5.32 Å². The number of nitro benzene ring substituents is 1. The summed E-state index contributed by atoms with van der Waals surface area (Å²) in [6, 6.07) is 7.16. The number of nitrogens with zero attached hydrogens (tertiary/aromatic N) is 1. The summed E-state index contributed by atoms with van der Waals surface area (Å²) < 4.78 is 20.4.